The monoisotopic (exact) mass is 353 g/mol. The number of amides is 1. The van der Waals surface area contributed by atoms with Crippen molar-refractivity contribution >= 4 is 22.9 Å². The number of aromatic nitrogens is 1. The highest BCUT2D eigenvalue weighted by molar-refractivity contribution is 7.10. The van der Waals surface area contributed by atoms with Gasteiger partial charge in [0, 0.05) is 43.6 Å². The Bertz CT molecular complexity index is 743. The van der Waals surface area contributed by atoms with Crippen LogP contribution in [0.3, 0.4) is 0 Å². The molecule has 0 spiro atoms. The minimum Gasteiger partial charge on any atom is -0.378 e. The number of thiophene rings is 1. The third kappa shape index (κ3) is 4.51. The van der Waals surface area contributed by atoms with Gasteiger partial charge in [-0.2, -0.15) is 0 Å². The largest absolute Gasteiger partial charge is 0.378 e. The highest BCUT2D eigenvalue weighted by Gasteiger charge is 2.18. The highest BCUT2D eigenvalue weighted by Crippen LogP contribution is 2.26. The number of anilines is 1. The summed E-state index contributed by atoms with van der Waals surface area (Å²) in [6.45, 7) is 0.551. The summed E-state index contributed by atoms with van der Waals surface area (Å²) in [4.78, 5) is 15.7. The molecule has 5 heteroatoms. The van der Waals surface area contributed by atoms with Gasteiger partial charge in [0.15, 0.2) is 0 Å². The molecule has 0 aliphatic rings. The molecule has 2 aromatic heterocycles. The molecule has 0 aliphatic heterocycles. The lowest BCUT2D eigenvalue weighted by atomic mass is 10.1. The van der Waals surface area contributed by atoms with Crippen molar-refractivity contribution in [2.24, 2.45) is 0 Å². The van der Waals surface area contributed by atoms with Crippen molar-refractivity contribution in [3.8, 4) is 0 Å². The smallest absolute Gasteiger partial charge is 0.222 e. The number of rotatable bonds is 7. The molecule has 1 atom stereocenters. The zero-order valence-corrected chi connectivity index (χ0v) is 15.4. The van der Waals surface area contributed by atoms with E-state index in [0.717, 1.165) is 11.3 Å². The molecule has 0 saturated heterocycles. The van der Waals surface area contributed by atoms with Gasteiger partial charge in [-0.05, 0) is 41.3 Å². The predicted octanol–water partition coefficient (Wildman–Crippen LogP) is 3.91. The molecular weight excluding hydrogens is 330 g/mol. The van der Waals surface area contributed by atoms with Crippen LogP contribution in [0, 0.1) is 0 Å². The molecule has 0 aliphatic carbocycles. The van der Waals surface area contributed by atoms with E-state index in [9.17, 15) is 4.79 Å². The maximum atomic E-state index is 12.5. The number of carbonyl (C=O) groups excluding carboxylic acids is 1. The Morgan fingerprint density at radius 3 is 2.44 bits per heavy atom. The zero-order valence-electron chi connectivity index (χ0n) is 14.6. The van der Waals surface area contributed by atoms with Crippen LogP contribution in [0.2, 0.25) is 0 Å². The molecule has 25 heavy (non-hydrogen) atoms. The van der Waals surface area contributed by atoms with Gasteiger partial charge in [-0.1, -0.05) is 18.2 Å². The first kappa shape index (κ1) is 17.3. The molecule has 1 aromatic carbocycles. The van der Waals surface area contributed by atoms with Crippen LogP contribution in [-0.4, -0.2) is 24.6 Å². The van der Waals surface area contributed by atoms with E-state index in [-0.39, 0.29) is 11.9 Å². The number of nitrogens with one attached hydrogen (secondary N) is 1. The Hall–Kier alpha value is -2.53. The van der Waals surface area contributed by atoms with Gasteiger partial charge in [-0.25, -0.2) is 0 Å². The van der Waals surface area contributed by atoms with Gasteiger partial charge < -0.3 is 14.8 Å². The Balaban J connectivity index is 1.60. The third-order valence-corrected chi connectivity index (χ3v) is 5.15. The van der Waals surface area contributed by atoms with E-state index in [2.05, 4.69) is 50.5 Å². The van der Waals surface area contributed by atoms with Crippen LogP contribution in [0.1, 0.15) is 22.9 Å². The van der Waals surface area contributed by atoms with Crippen LogP contribution in [0.25, 0.3) is 0 Å². The van der Waals surface area contributed by atoms with Gasteiger partial charge in [0.25, 0.3) is 0 Å². The summed E-state index contributed by atoms with van der Waals surface area (Å²) in [5, 5.41) is 5.09. The fourth-order valence-electron chi connectivity index (χ4n) is 2.75. The molecule has 0 bridgehead atoms. The number of carbonyl (C=O) groups is 1. The van der Waals surface area contributed by atoms with Crippen molar-refractivity contribution in [1.29, 1.82) is 0 Å². The van der Waals surface area contributed by atoms with Crippen LogP contribution < -0.4 is 10.2 Å². The van der Waals surface area contributed by atoms with E-state index in [0.29, 0.717) is 13.0 Å². The van der Waals surface area contributed by atoms with Gasteiger partial charge in [0.1, 0.15) is 0 Å². The molecule has 3 aromatic rings. The molecule has 130 valence electrons. The Labute approximate surface area is 152 Å². The van der Waals surface area contributed by atoms with E-state index in [1.165, 1.54) is 4.88 Å². The van der Waals surface area contributed by atoms with Crippen LogP contribution in [-0.2, 0) is 11.3 Å². The third-order valence-electron chi connectivity index (χ3n) is 4.18. The van der Waals surface area contributed by atoms with Crippen molar-refractivity contribution in [2.75, 3.05) is 19.0 Å². The number of hydrogen-bond donors (Lipinski definition) is 1. The van der Waals surface area contributed by atoms with Crippen molar-refractivity contribution < 1.29 is 4.79 Å². The maximum absolute atomic E-state index is 12.5. The average molecular weight is 353 g/mol. The highest BCUT2D eigenvalue weighted by atomic mass is 32.1. The van der Waals surface area contributed by atoms with Crippen LogP contribution in [0.4, 0.5) is 5.69 Å². The summed E-state index contributed by atoms with van der Waals surface area (Å²) >= 11 is 1.68. The van der Waals surface area contributed by atoms with Gasteiger partial charge in [0.2, 0.25) is 5.91 Å². The first-order valence-electron chi connectivity index (χ1n) is 8.32. The lowest BCUT2D eigenvalue weighted by Crippen LogP contribution is -2.26. The van der Waals surface area contributed by atoms with Crippen molar-refractivity contribution in [3.05, 3.63) is 76.7 Å². The Morgan fingerprint density at radius 2 is 1.84 bits per heavy atom. The zero-order chi connectivity index (χ0) is 17.6. The van der Waals surface area contributed by atoms with Crippen molar-refractivity contribution in [2.45, 2.75) is 19.0 Å². The Kier molecular flexibility index (Phi) is 5.56. The van der Waals surface area contributed by atoms with E-state index >= 15 is 0 Å². The Morgan fingerprint density at radius 1 is 1.12 bits per heavy atom. The fourth-order valence-corrected chi connectivity index (χ4v) is 3.58. The lowest BCUT2D eigenvalue weighted by Gasteiger charge is -2.18. The molecule has 2 heterocycles. The van der Waals surface area contributed by atoms with Crippen molar-refractivity contribution in [3.63, 3.8) is 0 Å². The summed E-state index contributed by atoms with van der Waals surface area (Å²) in [5.41, 5.74) is 2.26. The van der Waals surface area contributed by atoms with E-state index < -0.39 is 0 Å². The molecule has 1 N–H and O–H groups in total. The van der Waals surface area contributed by atoms with Crippen LogP contribution in [0.15, 0.2) is 66.3 Å². The first-order chi connectivity index (χ1) is 12.1. The molecule has 0 saturated carbocycles. The predicted molar refractivity (Wildman–Crippen MR) is 104 cm³/mol. The molecule has 1 amide bonds. The van der Waals surface area contributed by atoms with E-state index in [1.54, 1.807) is 11.3 Å². The van der Waals surface area contributed by atoms with Crippen molar-refractivity contribution in [1.82, 2.24) is 9.88 Å². The van der Waals surface area contributed by atoms with Gasteiger partial charge >= 0.3 is 0 Å². The van der Waals surface area contributed by atoms with E-state index in [4.69, 9.17) is 0 Å². The first-order valence-corrected chi connectivity index (χ1v) is 9.20. The molecular formula is C20H23N3OS. The second kappa shape index (κ2) is 8.03. The summed E-state index contributed by atoms with van der Waals surface area (Å²) < 4.78 is 2.09. The standard InChI is InChI=1S/C20H23N3OS/c1-22(2)17-9-7-16(8-10-17)15-21-20(24)14-18(19-6-5-13-25-19)23-11-3-4-12-23/h3-13,18H,14-15H2,1-2H3,(H,21,24)/t18-/m0/s1. The minimum atomic E-state index is 0.0473. The van der Waals surface area contributed by atoms with E-state index in [1.807, 2.05) is 44.7 Å². The van der Waals surface area contributed by atoms with Gasteiger partial charge in [-0.3, -0.25) is 4.79 Å². The summed E-state index contributed by atoms with van der Waals surface area (Å²) in [7, 11) is 4.03. The normalized spacial score (nSPS) is 11.9. The summed E-state index contributed by atoms with van der Waals surface area (Å²) in [5.74, 6) is 0.0591. The minimum absolute atomic E-state index is 0.0473. The number of hydrogen-bond acceptors (Lipinski definition) is 3. The summed E-state index contributed by atoms with van der Waals surface area (Å²) in [6, 6.07) is 16.4. The van der Waals surface area contributed by atoms with Crippen LogP contribution in [0.5, 0.6) is 0 Å². The molecule has 0 unspecified atom stereocenters. The van der Waals surface area contributed by atoms with Gasteiger partial charge in [-0.15, -0.1) is 11.3 Å². The molecule has 0 fully saturated rings. The van der Waals surface area contributed by atoms with Gasteiger partial charge in [0.05, 0.1) is 12.5 Å². The summed E-state index contributed by atoms with van der Waals surface area (Å²) in [6.07, 6.45) is 4.46. The quantitative estimate of drug-likeness (QED) is 0.699. The second-order valence-electron chi connectivity index (χ2n) is 6.20. The molecule has 4 nitrogen and oxygen atoms in total. The number of benzene rings is 1. The SMILES string of the molecule is CN(C)c1ccc(CNC(=O)C[C@@H](c2cccs2)n2cccc2)cc1. The topological polar surface area (TPSA) is 37.3 Å². The fraction of sp³-hybridized carbons (Fsp3) is 0.250. The van der Waals surface area contributed by atoms with Crippen LogP contribution >= 0.6 is 11.3 Å². The lowest BCUT2D eigenvalue weighted by molar-refractivity contribution is -0.121. The molecule has 3 rings (SSSR count). The maximum Gasteiger partial charge on any atom is 0.222 e. The molecule has 0 radical (unpaired) electrons. The average Bonchev–Trinajstić information content (AvgIpc) is 3.32. The second-order valence-corrected chi connectivity index (χ2v) is 7.18. The number of nitrogens with zero attached hydrogens (tertiary/aromatic N) is 2.